The molecule has 2 bridgehead atoms. The van der Waals surface area contributed by atoms with E-state index in [2.05, 4.69) is 15.2 Å². The van der Waals surface area contributed by atoms with Crippen molar-refractivity contribution in [1.82, 2.24) is 9.97 Å². The van der Waals surface area contributed by atoms with Crippen LogP contribution >= 0.6 is 11.6 Å². The minimum atomic E-state index is 0.0745. The third-order valence-corrected chi connectivity index (χ3v) is 7.00. The van der Waals surface area contributed by atoms with E-state index in [1.807, 2.05) is 19.1 Å². The maximum atomic E-state index is 12.5. The minimum absolute atomic E-state index is 0.0745. The summed E-state index contributed by atoms with van der Waals surface area (Å²) < 4.78 is 11.1. The second-order valence-corrected chi connectivity index (χ2v) is 9.60. The third kappa shape index (κ3) is 4.21. The summed E-state index contributed by atoms with van der Waals surface area (Å²) in [4.78, 5) is 23.7. The molecule has 1 aromatic heterocycles. The molecule has 3 aliphatic carbocycles. The Hall–Kier alpha value is -2.38. The molecule has 4 aliphatic rings. The summed E-state index contributed by atoms with van der Waals surface area (Å²) in [6.45, 7) is 5.09. The summed E-state index contributed by atoms with van der Waals surface area (Å²) in [6, 6.07) is 7.38. The first-order valence-corrected chi connectivity index (χ1v) is 11.2. The Balaban J connectivity index is 1.10. The molecule has 4 fully saturated rings. The number of Topliss-reactive ketones (excluding diaryl/α,β-unsaturated/α-hetero) is 1. The monoisotopic (exact) mass is 442 g/mol. The second kappa shape index (κ2) is 7.95. The molecule has 1 aromatic carbocycles. The van der Waals surface area contributed by atoms with Gasteiger partial charge in [-0.1, -0.05) is 11.6 Å². The van der Waals surface area contributed by atoms with E-state index in [0.29, 0.717) is 30.4 Å². The van der Waals surface area contributed by atoms with Crippen molar-refractivity contribution < 1.29 is 14.3 Å². The Morgan fingerprint density at radius 1 is 1.26 bits per heavy atom. The summed E-state index contributed by atoms with van der Waals surface area (Å²) in [5.41, 5.74) is 1.15. The average molecular weight is 443 g/mol. The van der Waals surface area contributed by atoms with Gasteiger partial charge in [0.05, 0.1) is 13.2 Å². The molecule has 6 rings (SSSR count). The Labute approximate surface area is 187 Å². The summed E-state index contributed by atoms with van der Waals surface area (Å²) in [5.74, 6) is 2.44. The van der Waals surface area contributed by atoms with E-state index in [0.717, 1.165) is 49.7 Å². The maximum absolute atomic E-state index is 12.5. The molecule has 1 saturated heterocycles. The van der Waals surface area contributed by atoms with Gasteiger partial charge in [-0.05, 0) is 61.4 Å². The van der Waals surface area contributed by atoms with Crippen LogP contribution in [-0.4, -0.2) is 54.2 Å². The van der Waals surface area contributed by atoms with E-state index in [9.17, 15) is 4.79 Å². The molecule has 1 aliphatic heterocycles. The Morgan fingerprint density at radius 2 is 2.03 bits per heavy atom. The maximum Gasteiger partial charge on any atom is 0.227 e. The largest absolute Gasteiger partial charge is 0.486 e. The van der Waals surface area contributed by atoms with Gasteiger partial charge in [-0.15, -0.1) is 0 Å². The number of benzene rings is 1. The predicted molar refractivity (Wildman–Crippen MR) is 119 cm³/mol. The fourth-order valence-corrected chi connectivity index (χ4v) is 5.38. The number of hydrogen-bond acceptors (Lipinski definition) is 7. The van der Waals surface area contributed by atoms with Crippen molar-refractivity contribution >= 4 is 29.2 Å². The molecule has 31 heavy (non-hydrogen) atoms. The van der Waals surface area contributed by atoms with Crippen LogP contribution in [0.25, 0.3) is 0 Å². The van der Waals surface area contributed by atoms with Crippen LogP contribution in [-0.2, 0) is 9.53 Å². The number of morpholine rings is 1. The number of anilines is 2. The number of carbonyl (C=O) groups excluding carboxylic acids is 1. The standard InChI is InChI=1S/C23H27ClN4O3/c1-16-10-18(2-3-19(16)24)31-12-17(29)11-22-13-23(14-22,15-22)27-20-4-5-25-21(26-20)28-6-8-30-9-7-28/h2-5,10H,6-9,11-15H2,1H3,(H,25,26,27). The summed E-state index contributed by atoms with van der Waals surface area (Å²) in [6.07, 6.45) is 5.39. The quantitative estimate of drug-likeness (QED) is 0.668. The Morgan fingerprint density at radius 3 is 2.77 bits per heavy atom. The SMILES string of the molecule is Cc1cc(OCC(=O)CC23CC(Nc4ccnc(N5CCOCC5)n4)(C2)C3)ccc1Cl. The highest BCUT2D eigenvalue weighted by Crippen LogP contribution is 2.70. The fraction of sp³-hybridized carbons (Fsp3) is 0.522. The molecule has 8 heteroatoms. The zero-order valence-corrected chi connectivity index (χ0v) is 18.5. The van der Waals surface area contributed by atoms with E-state index in [1.54, 1.807) is 18.3 Å². The van der Waals surface area contributed by atoms with Crippen LogP contribution in [0.3, 0.4) is 0 Å². The van der Waals surface area contributed by atoms with E-state index in [1.165, 1.54) is 0 Å². The number of nitrogens with zero attached hydrogens (tertiary/aromatic N) is 3. The van der Waals surface area contributed by atoms with E-state index < -0.39 is 0 Å². The van der Waals surface area contributed by atoms with E-state index in [4.69, 9.17) is 26.1 Å². The van der Waals surface area contributed by atoms with Gasteiger partial charge in [-0.25, -0.2) is 4.98 Å². The zero-order chi connectivity index (χ0) is 21.5. The molecule has 0 spiro atoms. The van der Waals surface area contributed by atoms with Crippen molar-refractivity contribution in [1.29, 1.82) is 0 Å². The highest BCUT2D eigenvalue weighted by molar-refractivity contribution is 6.31. The number of aromatic nitrogens is 2. The van der Waals surface area contributed by atoms with Crippen molar-refractivity contribution in [3.05, 3.63) is 41.0 Å². The topological polar surface area (TPSA) is 76.6 Å². The highest BCUT2D eigenvalue weighted by Gasteiger charge is 2.68. The molecule has 2 heterocycles. The Kier molecular flexibility index (Phi) is 5.26. The van der Waals surface area contributed by atoms with Crippen molar-refractivity contribution in [2.75, 3.05) is 43.1 Å². The lowest BCUT2D eigenvalue weighted by Gasteiger charge is -2.71. The van der Waals surface area contributed by atoms with Gasteiger partial charge < -0.3 is 19.7 Å². The van der Waals surface area contributed by atoms with Crippen LogP contribution in [0.5, 0.6) is 5.75 Å². The normalized spacial score (nSPS) is 26.6. The molecule has 3 saturated carbocycles. The van der Waals surface area contributed by atoms with Gasteiger partial charge in [0, 0.05) is 36.3 Å². The van der Waals surface area contributed by atoms with Crippen LogP contribution in [0, 0.1) is 12.3 Å². The summed E-state index contributed by atoms with van der Waals surface area (Å²) in [7, 11) is 0. The van der Waals surface area contributed by atoms with Crippen LogP contribution < -0.4 is 15.0 Å². The summed E-state index contributed by atoms with van der Waals surface area (Å²) in [5, 5.41) is 4.30. The van der Waals surface area contributed by atoms with Gasteiger partial charge in [-0.2, -0.15) is 4.98 Å². The molecule has 7 nitrogen and oxygen atoms in total. The number of rotatable bonds is 8. The molecular formula is C23H27ClN4O3. The molecular weight excluding hydrogens is 416 g/mol. The third-order valence-electron chi connectivity index (χ3n) is 6.57. The molecule has 1 N–H and O–H groups in total. The van der Waals surface area contributed by atoms with Crippen molar-refractivity contribution in [2.45, 2.75) is 38.1 Å². The van der Waals surface area contributed by atoms with Crippen molar-refractivity contribution in [3.63, 3.8) is 0 Å². The fourth-order valence-electron chi connectivity index (χ4n) is 5.26. The number of aryl methyl sites for hydroxylation is 1. The van der Waals surface area contributed by atoms with Gasteiger partial charge in [0.2, 0.25) is 5.95 Å². The zero-order valence-electron chi connectivity index (χ0n) is 17.7. The predicted octanol–water partition coefficient (Wildman–Crippen LogP) is 3.65. The lowest BCUT2D eigenvalue weighted by Crippen LogP contribution is -2.71. The van der Waals surface area contributed by atoms with Crippen molar-refractivity contribution in [3.8, 4) is 5.75 Å². The summed E-state index contributed by atoms with van der Waals surface area (Å²) >= 11 is 6.04. The van der Waals surface area contributed by atoms with Gasteiger partial charge in [0.1, 0.15) is 18.2 Å². The number of carbonyl (C=O) groups is 1. The van der Waals surface area contributed by atoms with Crippen LogP contribution in [0.4, 0.5) is 11.8 Å². The minimum Gasteiger partial charge on any atom is -0.486 e. The second-order valence-electron chi connectivity index (χ2n) is 9.19. The smallest absolute Gasteiger partial charge is 0.227 e. The molecule has 0 atom stereocenters. The molecule has 2 aromatic rings. The van der Waals surface area contributed by atoms with Gasteiger partial charge >= 0.3 is 0 Å². The number of nitrogens with one attached hydrogen (secondary N) is 1. The molecule has 0 radical (unpaired) electrons. The Bertz CT molecular complexity index is 973. The lowest BCUT2D eigenvalue weighted by molar-refractivity contribution is -0.147. The molecule has 0 amide bonds. The first-order chi connectivity index (χ1) is 14.9. The highest BCUT2D eigenvalue weighted by atomic mass is 35.5. The van der Waals surface area contributed by atoms with E-state index in [-0.39, 0.29) is 23.3 Å². The number of hydrogen-bond donors (Lipinski definition) is 1. The average Bonchev–Trinajstić information content (AvgIpc) is 2.73. The number of halogens is 1. The number of ether oxygens (including phenoxy) is 2. The van der Waals surface area contributed by atoms with Gasteiger partial charge in [0.25, 0.3) is 0 Å². The van der Waals surface area contributed by atoms with Crippen LogP contribution in [0.15, 0.2) is 30.5 Å². The first-order valence-electron chi connectivity index (χ1n) is 10.8. The molecule has 0 unspecified atom stereocenters. The van der Waals surface area contributed by atoms with Crippen LogP contribution in [0.2, 0.25) is 5.02 Å². The number of ketones is 1. The van der Waals surface area contributed by atoms with E-state index >= 15 is 0 Å². The van der Waals surface area contributed by atoms with Gasteiger partial charge in [0.15, 0.2) is 5.78 Å². The van der Waals surface area contributed by atoms with Crippen molar-refractivity contribution in [2.24, 2.45) is 5.41 Å². The lowest BCUT2D eigenvalue weighted by atomic mass is 9.38. The molecule has 164 valence electrons. The van der Waals surface area contributed by atoms with Gasteiger partial charge in [-0.3, -0.25) is 4.79 Å². The first kappa shape index (κ1) is 20.5. The van der Waals surface area contributed by atoms with Crippen LogP contribution in [0.1, 0.15) is 31.2 Å².